The van der Waals surface area contributed by atoms with Crippen molar-refractivity contribution in [2.24, 2.45) is 11.0 Å². The molecule has 0 spiro atoms. The van der Waals surface area contributed by atoms with E-state index >= 15 is 0 Å². The maximum Gasteiger partial charge on any atom is 0.231 e. The van der Waals surface area contributed by atoms with Gasteiger partial charge in [-0.1, -0.05) is 29.3 Å². The Hall–Kier alpha value is -1.18. The number of para-hydroxylation sites is 1. The Bertz CT molecular complexity index is 396. The van der Waals surface area contributed by atoms with Gasteiger partial charge >= 0.3 is 0 Å². The van der Waals surface area contributed by atoms with E-state index in [9.17, 15) is 0 Å². The minimum absolute atomic E-state index is 0.232. The Morgan fingerprint density at radius 1 is 1.33 bits per heavy atom. The lowest BCUT2D eigenvalue weighted by molar-refractivity contribution is -0.503. The quantitative estimate of drug-likeness (QED) is 0.619. The highest BCUT2D eigenvalue weighted by Crippen LogP contribution is 2.43. The summed E-state index contributed by atoms with van der Waals surface area (Å²) >= 11 is 0. The molecule has 0 radical (unpaired) electrons. The summed E-state index contributed by atoms with van der Waals surface area (Å²) < 4.78 is 2.20. The topological polar surface area (TPSA) is 15.4 Å². The Morgan fingerprint density at radius 3 is 2.87 bits per heavy atom. The van der Waals surface area contributed by atoms with E-state index in [1.807, 2.05) is 0 Å². The van der Waals surface area contributed by atoms with Gasteiger partial charge in [0.2, 0.25) is 5.69 Å². The summed E-state index contributed by atoms with van der Waals surface area (Å²) in [5.41, 5.74) is 1.48. The van der Waals surface area contributed by atoms with E-state index in [0.717, 1.165) is 12.5 Å². The van der Waals surface area contributed by atoms with Crippen molar-refractivity contribution >= 4 is 5.69 Å². The molecule has 0 N–H and O–H groups in total. The number of azo groups is 2. The molecule has 2 nitrogen and oxygen atoms in total. The first-order chi connectivity index (χ1) is 7.28. The predicted molar refractivity (Wildman–Crippen MR) is 59.4 cm³/mol. The molecular formula is C13H17N2+. The fraction of sp³-hybridized carbons (Fsp3) is 0.538. The van der Waals surface area contributed by atoms with E-state index in [2.05, 4.69) is 42.0 Å². The lowest BCUT2D eigenvalue weighted by Gasteiger charge is -2.12. The highest BCUT2D eigenvalue weighted by atomic mass is 15.3. The zero-order chi connectivity index (χ0) is 10.3. The van der Waals surface area contributed by atoms with Crippen molar-refractivity contribution in [3.8, 4) is 0 Å². The molecule has 15 heavy (non-hydrogen) atoms. The van der Waals surface area contributed by atoms with Crippen molar-refractivity contribution in [3.63, 3.8) is 0 Å². The number of benzene rings is 1. The van der Waals surface area contributed by atoms with Crippen molar-refractivity contribution in [1.82, 2.24) is 0 Å². The van der Waals surface area contributed by atoms with Crippen LogP contribution in [0.3, 0.4) is 0 Å². The lowest BCUT2D eigenvalue weighted by atomic mass is 9.91. The summed E-state index contributed by atoms with van der Waals surface area (Å²) in [6.07, 6.45) is 3.97. The number of nitrogens with zero attached hydrogens (tertiary/aromatic N) is 2. The van der Waals surface area contributed by atoms with E-state index in [0.29, 0.717) is 0 Å². The zero-order valence-corrected chi connectivity index (χ0v) is 9.19. The summed E-state index contributed by atoms with van der Waals surface area (Å²) in [5.74, 6) is 0.776. The van der Waals surface area contributed by atoms with Gasteiger partial charge in [-0.2, -0.15) is 0 Å². The Kier molecular flexibility index (Phi) is 1.91. The molecule has 3 rings (SSSR count). The minimum atomic E-state index is 0.232. The summed E-state index contributed by atoms with van der Waals surface area (Å²) in [6, 6.07) is 10.5. The van der Waals surface area contributed by atoms with Crippen LogP contribution in [0.25, 0.3) is 0 Å². The molecular weight excluding hydrogens is 184 g/mol. The van der Waals surface area contributed by atoms with Crippen LogP contribution in [0.2, 0.25) is 0 Å². The van der Waals surface area contributed by atoms with Gasteiger partial charge in [0.25, 0.3) is 0 Å². The molecule has 1 aliphatic heterocycles. The molecule has 1 saturated carbocycles. The van der Waals surface area contributed by atoms with Crippen LogP contribution < -0.4 is 0 Å². The van der Waals surface area contributed by atoms with Gasteiger partial charge in [0.1, 0.15) is 5.54 Å². The van der Waals surface area contributed by atoms with Gasteiger partial charge < -0.3 is 0 Å². The van der Waals surface area contributed by atoms with Crippen LogP contribution in [0, 0.1) is 5.92 Å². The Balaban J connectivity index is 1.95. The van der Waals surface area contributed by atoms with Gasteiger partial charge in [-0.05, 0) is 24.9 Å². The average molecular weight is 201 g/mol. The normalized spacial score (nSPS) is 33.9. The van der Waals surface area contributed by atoms with Crippen LogP contribution in [0.15, 0.2) is 35.4 Å². The smallest absolute Gasteiger partial charge is 0.0881 e. The largest absolute Gasteiger partial charge is 0.231 e. The molecule has 1 aromatic rings. The average Bonchev–Trinajstić information content (AvgIpc) is 2.74. The molecule has 1 heterocycles. The molecule has 1 aromatic carbocycles. The Labute approximate surface area is 90.6 Å². The molecule has 1 fully saturated rings. The fourth-order valence-corrected chi connectivity index (χ4v) is 2.93. The second-order valence-corrected chi connectivity index (χ2v) is 4.96. The molecule has 2 aliphatic rings. The maximum atomic E-state index is 4.89. The van der Waals surface area contributed by atoms with Crippen LogP contribution in [-0.4, -0.2) is 16.8 Å². The van der Waals surface area contributed by atoms with E-state index in [4.69, 9.17) is 5.11 Å². The molecule has 0 saturated heterocycles. The van der Waals surface area contributed by atoms with Crippen molar-refractivity contribution in [2.75, 3.05) is 6.54 Å². The van der Waals surface area contributed by atoms with E-state index < -0.39 is 0 Å². The summed E-state index contributed by atoms with van der Waals surface area (Å²) in [5, 5.41) is 4.89. The molecule has 0 unspecified atom stereocenters. The molecule has 0 amide bonds. The Morgan fingerprint density at radius 2 is 2.13 bits per heavy atom. The van der Waals surface area contributed by atoms with Crippen LogP contribution in [0.4, 0.5) is 5.69 Å². The highest BCUT2D eigenvalue weighted by molar-refractivity contribution is 5.28. The van der Waals surface area contributed by atoms with Gasteiger partial charge in [-0.25, -0.2) is 0 Å². The summed E-state index contributed by atoms with van der Waals surface area (Å²) in [4.78, 5) is 0. The minimum Gasteiger partial charge on any atom is -0.0881 e. The van der Waals surface area contributed by atoms with Crippen molar-refractivity contribution in [3.05, 3.63) is 30.3 Å². The van der Waals surface area contributed by atoms with Gasteiger partial charge in [-0.15, -0.1) is 0 Å². The fourth-order valence-electron chi connectivity index (χ4n) is 2.93. The molecule has 2 heteroatoms. The SMILES string of the molecule is C[C@]12CCC[C@@H]1C[N+](c1ccccc1)=N2. The van der Waals surface area contributed by atoms with Crippen molar-refractivity contribution in [1.29, 1.82) is 0 Å². The highest BCUT2D eigenvalue weighted by Gasteiger charge is 2.49. The monoisotopic (exact) mass is 201 g/mol. The number of hydrogen-bond donors (Lipinski definition) is 0. The van der Waals surface area contributed by atoms with Gasteiger partial charge in [0.15, 0.2) is 6.54 Å². The van der Waals surface area contributed by atoms with E-state index in [1.165, 1.54) is 24.9 Å². The maximum absolute atomic E-state index is 4.89. The summed E-state index contributed by atoms with van der Waals surface area (Å²) in [6.45, 7) is 3.42. The van der Waals surface area contributed by atoms with E-state index in [1.54, 1.807) is 0 Å². The third-order valence-electron chi connectivity index (χ3n) is 3.91. The molecule has 1 aliphatic carbocycles. The van der Waals surface area contributed by atoms with Crippen molar-refractivity contribution in [2.45, 2.75) is 31.7 Å². The number of rotatable bonds is 1. The number of fused-ring (bicyclic) bond motifs is 1. The third kappa shape index (κ3) is 1.39. The van der Waals surface area contributed by atoms with Crippen molar-refractivity contribution < 1.29 is 4.70 Å². The first kappa shape index (κ1) is 9.08. The third-order valence-corrected chi connectivity index (χ3v) is 3.91. The van der Waals surface area contributed by atoms with Crippen LogP contribution in [0.5, 0.6) is 0 Å². The zero-order valence-electron chi connectivity index (χ0n) is 9.19. The molecule has 78 valence electrons. The predicted octanol–water partition coefficient (Wildman–Crippen LogP) is 3.36. The van der Waals surface area contributed by atoms with Gasteiger partial charge in [-0.3, -0.25) is 0 Å². The van der Waals surface area contributed by atoms with Crippen LogP contribution in [0.1, 0.15) is 26.2 Å². The van der Waals surface area contributed by atoms with E-state index in [-0.39, 0.29) is 5.54 Å². The van der Waals surface area contributed by atoms with Gasteiger partial charge in [0, 0.05) is 12.1 Å². The number of hydrogen-bond acceptors (Lipinski definition) is 1. The molecule has 2 atom stereocenters. The first-order valence-electron chi connectivity index (χ1n) is 5.83. The lowest BCUT2D eigenvalue weighted by Crippen LogP contribution is -2.23. The van der Waals surface area contributed by atoms with Gasteiger partial charge in [0.05, 0.1) is 5.92 Å². The second-order valence-electron chi connectivity index (χ2n) is 4.96. The van der Waals surface area contributed by atoms with Crippen LogP contribution in [-0.2, 0) is 0 Å². The summed E-state index contributed by atoms with van der Waals surface area (Å²) in [7, 11) is 0. The first-order valence-corrected chi connectivity index (χ1v) is 5.83. The molecule has 0 aromatic heterocycles. The molecule has 0 bridgehead atoms. The standard InChI is InChI=1S/C13H17N2/c1-13-9-5-6-11(13)10-15(14-13)12-7-3-2-4-8-12/h2-4,7-8,11H,5-6,9-10H2,1H3/q+1/t11-,13+/m1/s1. The second kappa shape index (κ2) is 3.16. The van der Waals surface area contributed by atoms with Crippen LogP contribution >= 0.6 is 0 Å².